The average Bonchev–Trinajstić information content (AvgIpc) is 2.29. The van der Waals surface area contributed by atoms with Crippen molar-refractivity contribution in [1.29, 1.82) is 0 Å². The molecule has 1 N–H and O–H groups in total. The van der Waals surface area contributed by atoms with Crippen LogP contribution in [0.3, 0.4) is 0 Å². The summed E-state index contributed by atoms with van der Waals surface area (Å²) in [6, 6.07) is 3.88. The molecular weight excluding hydrogens is 188 g/mol. The van der Waals surface area contributed by atoms with E-state index in [2.05, 4.69) is 16.9 Å². The Morgan fingerprint density at radius 2 is 2.40 bits per heavy atom. The van der Waals surface area contributed by atoms with E-state index in [9.17, 15) is 4.79 Å². The Kier molecular flexibility index (Phi) is 4.54. The predicted octanol–water partition coefficient (Wildman–Crippen LogP) is 1.71. The molecule has 0 radical (unpaired) electrons. The van der Waals surface area contributed by atoms with Gasteiger partial charge in [-0.05, 0) is 24.5 Å². The van der Waals surface area contributed by atoms with Crippen molar-refractivity contribution in [2.75, 3.05) is 6.54 Å². The van der Waals surface area contributed by atoms with Crippen molar-refractivity contribution in [3.63, 3.8) is 0 Å². The minimum absolute atomic E-state index is 0.0543. The van der Waals surface area contributed by atoms with Crippen molar-refractivity contribution in [3.8, 4) is 0 Å². The standard InChI is InChI=1S/C12H16N2O/c1-3-10(2)12(15)14-8-6-11-5-4-7-13-9-11/h4-5,7,9H,2-3,6,8H2,1H3,(H,14,15). The molecule has 0 aliphatic rings. The minimum atomic E-state index is -0.0543. The van der Waals surface area contributed by atoms with Gasteiger partial charge in [0.25, 0.3) is 0 Å². The van der Waals surface area contributed by atoms with Crippen LogP contribution in [0.2, 0.25) is 0 Å². The van der Waals surface area contributed by atoms with Crippen molar-refractivity contribution in [2.24, 2.45) is 0 Å². The number of rotatable bonds is 5. The van der Waals surface area contributed by atoms with Crippen LogP contribution >= 0.6 is 0 Å². The summed E-state index contributed by atoms with van der Waals surface area (Å²) in [4.78, 5) is 15.3. The maximum absolute atomic E-state index is 11.3. The Labute approximate surface area is 90.2 Å². The number of hydrogen-bond donors (Lipinski definition) is 1. The first kappa shape index (κ1) is 11.4. The van der Waals surface area contributed by atoms with E-state index in [-0.39, 0.29) is 5.91 Å². The zero-order chi connectivity index (χ0) is 11.1. The lowest BCUT2D eigenvalue weighted by atomic mass is 10.2. The highest BCUT2D eigenvalue weighted by Crippen LogP contribution is 1.98. The Hall–Kier alpha value is -1.64. The molecule has 1 aromatic rings. The number of nitrogens with one attached hydrogen (secondary N) is 1. The van der Waals surface area contributed by atoms with Gasteiger partial charge in [0.15, 0.2) is 0 Å². The van der Waals surface area contributed by atoms with Crippen LogP contribution in [0.5, 0.6) is 0 Å². The second-order valence-corrected chi connectivity index (χ2v) is 3.32. The lowest BCUT2D eigenvalue weighted by Crippen LogP contribution is -2.26. The van der Waals surface area contributed by atoms with Crippen LogP contribution in [0.15, 0.2) is 36.7 Å². The molecule has 0 fully saturated rings. The molecule has 1 heterocycles. The second kappa shape index (κ2) is 5.96. The van der Waals surface area contributed by atoms with Crippen LogP contribution in [0.4, 0.5) is 0 Å². The fourth-order valence-electron chi connectivity index (χ4n) is 1.15. The second-order valence-electron chi connectivity index (χ2n) is 3.32. The van der Waals surface area contributed by atoms with Crippen LogP contribution < -0.4 is 5.32 Å². The lowest BCUT2D eigenvalue weighted by molar-refractivity contribution is -0.117. The van der Waals surface area contributed by atoms with E-state index in [1.807, 2.05) is 19.1 Å². The Morgan fingerprint density at radius 1 is 1.60 bits per heavy atom. The molecule has 1 amide bonds. The highest BCUT2D eigenvalue weighted by Gasteiger charge is 2.02. The SMILES string of the molecule is C=C(CC)C(=O)NCCc1cccnc1. The molecule has 0 aliphatic carbocycles. The van der Waals surface area contributed by atoms with Crippen molar-refractivity contribution >= 4 is 5.91 Å². The van der Waals surface area contributed by atoms with Crippen LogP contribution in [-0.2, 0) is 11.2 Å². The van der Waals surface area contributed by atoms with E-state index in [0.717, 1.165) is 12.0 Å². The molecular formula is C12H16N2O. The highest BCUT2D eigenvalue weighted by atomic mass is 16.1. The number of nitrogens with zero attached hydrogens (tertiary/aromatic N) is 1. The van der Waals surface area contributed by atoms with Gasteiger partial charge in [-0.3, -0.25) is 9.78 Å². The fraction of sp³-hybridized carbons (Fsp3) is 0.333. The van der Waals surface area contributed by atoms with Gasteiger partial charge in [0, 0.05) is 24.5 Å². The summed E-state index contributed by atoms with van der Waals surface area (Å²) in [5.74, 6) is -0.0543. The van der Waals surface area contributed by atoms with Gasteiger partial charge in [0.2, 0.25) is 5.91 Å². The van der Waals surface area contributed by atoms with Crippen molar-refractivity contribution in [3.05, 3.63) is 42.2 Å². The maximum Gasteiger partial charge on any atom is 0.246 e. The molecule has 0 bridgehead atoms. The third-order valence-electron chi connectivity index (χ3n) is 2.17. The maximum atomic E-state index is 11.3. The molecule has 0 atom stereocenters. The number of hydrogen-bond acceptors (Lipinski definition) is 2. The third kappa shape index (κ3) is 3.94. The third-order valence-corrected chi connectivity index (χ3v) is 2.17. The summed E-state index contributed by atoms with van der Waals surface area (Å²) < 4.78 is 0. The summed E-state index contributed by atoms with van der Waals surface area (Å²) in [6.07, 6.45) is 5.04. The van der Waals surface area contributed by atoms with E-state index in [0.29, 0.717) is 18.5 Å². The Balaban J connectivity index is 2.28. The molecule has 0 saturated heterocycles. The molecule has 80 valence electrons. The highest BCUT2D eigenvalue weighted by molar-refractivity contribution is 5.92. The fourth-order valence-corrected chi connectivity index (χ4v) is 1.15. The molecule has 1 aromatic heterocycles. The van der Waals surface area contributed by atoms with Crippen LogP contribution in [0, 0.1) is 0 Å². The van der Waals surface area contributed by atoms with E-state index in [1.54, 1.807) is 12.4 Å². The normalized spacial score (nSPS) is 9.67. The zero-order valence-corrected chi connectivity index (χ0v) is 8.99. The van der Waals surface area contributed by atoms with E-state index < -0.39 is 0 Å². The van der Waals surface area contributed by atoms with Crippen LogP contribution in [0.1, 0.15) is 18.9 Å². The number of carbonyl (C=O) groups is 1. The summed E-state index contributed by atoms with van der Waals surface area (Å²) in [5, 5.41) is 2.82. The molecule has 0 aliphatic heterocycles. The smallest absolute Gasteiger partial charge is 0.246 e. The molecule has 3 nitrogen and oxygen atoms in total. The molecule has 0 aromatic carbocycles. The number of pyridine rings is 1. The Bertz CT molecular complexity index is 333. The predicted molar refractivity (Wildman–Crippen MR) is 60.4 cm³/mol. The molecule has 15 heavy (non-hydrogen) atoms. The minimum Gasteiger partial charge on any atom is -0.352 e. The largest absolute Gasteiger partial charge is 0.352 e. The van der Waals surface area contributed by atoms with Gasteiger partial charge in [-0.25, -0.2) is 0 Å². The molecule has 3 heteroatoms. The van der Waals surface area contributed by atoms with Gasteiger partial charge >= 0.3 is 0 Å². The lowest BCUT2D eigenvalue weighted by Gasteiger charge is -2.05. The van der Waals surface area contributed by atoms with Crippen molar-refractivity contribution in [2.45, 2.75) is 19.8 Å². The van der Waals surface area contributed by atoms with Crippen molar-refractivity contribution in [1.82, 2.24) is 10.3 Å². The van der Waals surface area contributed by atoms with Gasteiger partial charge in [-0.15, -0.1) is 0 Å². The summed E-state index contributed by atoms with van der Waals surface area (Å²) in [5.41, 5.74) is 1.75. The van der Waals surface area contributed by atoms with Crippen LogP contribution in [0.25, 0.3) is 0 Å². The van der Waals surface area contributed by atoms with E-state index in [1.165, 1.54) is 0 Å². The topological polar surface area (TPSA) is 42.0 Å². The van der Waals surface area contributed by atoms with Gasteiger partial charge in [0.1, 0.15) is 0 Å². The average molecular weight is 204 g/mol. The Morgan fingerprint density at radius 3 is 3.00 bits per heavy atom. The molecule has 0 spiro atoms. The molecule has 0 saturated carbocycles. The quantitative estimate of drug-likeness (QED) is 0.742. The first-order valence-corrected chi connectivity index (χ1v) is 5.09. The first-order valence-electron chi connectivity index (χ1n) is 5.09. The summed E-state index contributed by atoms with van der Waals surface area (Å²) in [7, 11) is 0. The van der Waals surface area contributed by atoms with Crippen molar-refractivity contribution < 1.29 is 4.79 Å². The monoisotopic (exact) mass is 204 g/mol. The van der Waals surface area contributed by atoms with Gasteiger partial charge in [-0.1, -0.05) is 19.6 Å². The molecule has 0 unspecified atom stereocenters. The van der Waals surface area contributed by atoms with Gasteiger partial charge < -0.3 is 5.32 Å². The summed E-state index contributed by atoms with van der Waals surface area (Å²) >= 11 is 0. The summed E-state index contributed by atoms with van der Waals surface area (Å²) in [6.45, 7) is 6.22. The zero-order valence-electron chi connectivity index (χ0n) is 8.99. The molecule has 1 rings (SSSR count). The van der Waals surface area contributed by atoms with E-state index in [4.69, 9.17) is 0 Å². The van der Waals surface area contributed by atoms with E-state index >= 15 is 0 Å². The van der Waals surface area contributed by atoms with Gasteiger partial charge in [-0.2, -0.15) is 0 Å². The number of amides is 1. The van der Waals surface area contributed by atoms with Gasteiger partial charge in [0.05, 0.1) is 0 Å². The first-order chi connectivity index (χ1) is 7.24. The number of aromatic nitrogens is 1. The number of carbonyl (C=O) groups excluding carboxylic acids is 1. The van der Waals surface area contributed by atoms with Crippen LogP contribution in [-0.4, -0.2) is 17.4 Å².